The van der Waals surface area contributed by atoms with Gasteiger partial charge in [0.2, 0.25) is 10.0 Å². The number of benzene rings is 1. The molecule has 1 aliphatic rings. The van der Waals surface area contributed by atoms with Crippen LogP contribution in [-0.4, -0.2) is 36.5 Å². The number of anilines is 1. The highest BCUT2D eigenvalue weighted by molar-refractivity contribution is 7.89. The van der Waals surface area contributed by atoms with Gasteiger partial charge in [-0.1, -0.05) is 12.1 Å². The van der Waals surface area contributed by atoms with Crippen LogP contribution in [0.25, 0.3) is 0 Å². The standard InChI is InChI=1S/C13H20N2O3S/c1-10-4-3-5-11(14)12(10)19(17,18)15-8-6-13(2,16)7-9-15/h3-5,16H,6-9,14H2,1-2H3. The van der Waals surface area contributed by atoms with Gasteiger partial charge in [0.05, 0.1) is 11.3 Å². The first-order valence-corrected chi connectivity index (χ1v) is 7.76. The van der Waals surface area contributed by atoms with Crippen molar-refractivity contribution in [2.45, 2.75) is 37.2 Å². The van der Waals surface area contributed by atoms with E-state index in [0.717, 1.165) is 0 Å². The van der Waals surface area contributed by atoms with Crippen LogP contribution in [0.5, 0.6) is 0 Å². The van der Waals surface area contributed by atoms with Crippen LogP contribution >= 0.6 is 0 Å². The molecule has 0 spiro atoms. The van der Waals surface area contributed by atoms with Gasteiger partial charge in [0, 0.05) is 13.1 Å². The van der Waals surface area contributed by atoms with Crippen molar-refractivity contribution in [3.8, 4) is 0 Å². The fourth-order valence-electron chi connectivity index (χ4n) is 2.36. The van der Waals surface area contributed by atoms with Crippen LogP contribution in [0.15, 0.2) is 23.1 Å². The lowest BCUT2D eigenvalue weighted by molar-refractivity contribution is 0.0126. The average molecular weight is 284 g/mol. The van der Waals surface area contributed by atoms with Gasteiger partial charge in [-0.3, -0.25) is 0 Å². The summed E-state index contributed by atoms with van der Waals surface area (Å²) in [6, 6.07) is 5.08. The van der Waals surface area contributed by atoms with Crippen LogP contribution in [-0.2, 0) is 10.0 Å². The Morgan fingerprint density at radius 2 is 1.89 bits per heavy atom. The molecule has 106 valence electrons. The number of sulfonamides is 1. The summed E-state index contributed by atoms with van der Waals surface area (Å²) in [6.45, 7) is 4.12. The highest BCUT2D eigenvalue weighted by atomic mass is 32.2. The maximum absolute atomic E-state index is 12.6. The van der Waals surface area contributed by atoms with E-state index in [1.54, 1.807) is 32.0 Å². The molecule has 1 aromatic rings. The molecule has 1 aliphatic heterocycles. The van der Waals surface area contributed by atoms with Crippen LogP contribution in [0.1, 0.15) is 25.3 Å². The molecule has 0 aromatic heterocycles. The van der Waals surface area contributed by atoms with Gasteiger partial charge in [-0.15, -0.1) is 0 Å². The van der Waals surface area contributed by atoms with Crippen molar-refractivity contribution >= 4 is 15.7 Å². The predicted octanol–water partition coefficient (Wildman–Crippen LogP) is 1.11. The molecule has 0 atom stereocenters. The fourth-order valence-corrected chi connectivity index (χ4v) is 4.13. The van der Waals surface area contributed by atoms with Crippen LogP contribution < -0.4 is 5.73 Å². The SMILES string of the molecule is Cc1cccc(N)c1S(=O)(=O)N1CCC(C)(O)CC1. The number of aryl methyl sites for hydroxylation is 1. The number of hydrogen-bond donors (Lipinski definition) is 2. The van der Waals surface area contributed by atoms with E-state index >= 15 is 0 Å². The zero-order chi connectivity index (χ0) is 14.3. The van der Waals surface area contributed by atoms with Gasteiger partial charge >= 0.3 is 0 Å². The molecule has 1 heterocycles. The minimum absolute atomic E-state index is 0.191. The summed E-state index contributed by atoms with van der Waals surface area (Å²) in [5.41, 5.74) is 5.96. The third-order valence-electron chi connectivity index (χ3n) is 3.64. The third kappa shape index (κ3) is 2.75. The smallest absolute Gasteiger partial charge is 0.245 e. The lowest BCUT2D eigenvalue weighted by Crippen LogP contribution is -2.45. The van der Waals surface area contributed by atoms with E-state index in [4.69, 9.17) is 5.73 Å². The Hall–Kier alpha value is -1.11. The Bertz CT molecular complexity index is 551. The van der Waals surface area contributed by atoms with E-state index in [1.165, 1.54) is 4.31 Å². The number of piperidine rings is 1. The summed E-state index contributed by atoms with van der Waals surface area (Å²) in [5, 5.41) is 9.89. The second-order valence-electron chi connectivity index (χ2n) is 5.39. The number of hydrogen-bond acceptors (Lipinski definition) is 4. The molecule has 0 amide bonds. The normalized spacial score (nSPS) is 20.4. The molecule has 2 rings (SSSR count). The molecule has 5 nitrogen and oxygen atoms in total. The van der Waals surface area contributed by atoms with Gasteiger partial charge in [-0.25, -0.2) is 8.42 Å². The summed E-state index contributed by atoms with van der Waals surface area (Å²) in [4.78, 5) is 0.191. The summed E-state index contributed by atoms with van der Waals surface area (Å²) < 4.78 is 26.6. The van der Waals surface area contributed by atoms with Crippen molar-refractivity contribution in [3.05, 3.63) is 23.8 Å². The zero-order valence-corrected chi connectivity index (χ0v) is 12.1. The van der Waals surface area contributed by atoms with E-state index in [1.807, 2.05) is 0 Å². The fraction of sp³-hybridized carbons (Fsp3) is 0.538. The Balaban J connectivity index is 2.34. The third-order valence-corrected chi connectivity index (χ3v) is 5.76. The lowest BCUT2D eigenvalue weighted by atomic mass is 9.95. The second-order valence-corrected chi connectivity index (χ2v) is 7.27. The molecule has 1 aromatic carbocycles. The van der Waals surface area contributed by atoms with Gasteiger partial charge in [0.15, 0.2) is 0 Å². The molecule has 6 heteroatoms. The monoisotopic (exact) mass is 284 g/mol. The maximum Gasteiger partial charge on any atom is 0.245 e. The molecule has 0 radical (unpaired) electrons. The molecule has 0 aliphatic carbocycles. The summed E-state index contributed by atoms with van der Waals surface area (Å²) in [7, 11) is -3.58. The Kier molecular flexibility index (Phi) is 3.59. The van der Waals surface area contributed by atoms with Crippen molar-refractivity contribution in [2.24, 2.45) is 0 Å². The van der Waals surface area contributed by atoms with E-state index in [0.29, 0.717) is 31.5 Å². The van der Waals surface area contributed by atoms with Crippen molar-refractivity contribution in [3.63, 3.8) is 0 Å². The molecule has 0 bridgehead atoms. The average Bonchev–Trinajstić information content (AvgIpc) is 2.27. The quantitative estimate of drug-likeness (QED) is 0.797. The molecule has 1 saturated heterocycles. The number of nitrogens with two attached hydrogens (primary N) is 1. The van der Waals surface area contributed by atoms with Gasteiger partial charge in [0.1, 0.15) is 4.90 Å². The van der Waals surface area contributed by atoms with Crippen molar-refractivity contribution in [1.82, 2.24) is 4.31 Å². The van der Waals surface area contributed by atoms with E-state index < -0.39 is 15.6 Å². The van der Waals surface area contributed by atoms with Crippen LogP contribution in [0.3, 0.4) is 0 Å². The molecule has 1 fully saturated rings. The largest absolute Gasteiger partial charge is 0.398 e. The number of nitrogens with zero attached hydrogens (tertiary/aromatic N) is 1. The predicted molar refractivity (Wildman–Crippen MR) is 74.2 cm³/mol. The van der Waals surface area contributed by atoms with Gasteiger partial charge < -0.3 is 10.8 Å². The number of rotatable bonds is 2. The first-order chi connectivity index (χ1) is 8.74. The van der Waals surface area contributed by atoms with Gasteiger partial charge in [-0.05, 0) is 38.3 Å². The van der Waals surface area contributed by atoms with E-state index in [-0.39, 0.29) is 10.6 Å². The summed E-state index contributed by atoms with van der Waals surface area (Å²) in [6.07, 6.45) is 0.885. The second kappa shape index (κ2) is 4.77. The first kappa shape index (κ1) is 14.3. The van der Waals surface area contributed by atoms with Crippen molar-refractivity contribution < 1.29 is 13.5 Å². The number of aliphatic hydroxyl groups is 1. The molecular formula is C13H20N2O3S. The van der Waals surface area contributed by atoms with Crippen LogP contribution in [0.2, 0.25) is 0 Å². The molecular weight excluding hydrogens is 264 g/mol. The zero-order valence-electron chi connectivity index (χ0n) is 11.3. The molecule has 0 saturated carbocycles. The summed E-state index contributed by atoms with van der Waals surface area (Å²) >= 11 is 0. The van der Waals surface area contributed by atoms with Gasteiger partial charge in [0.25, 0.3) is 0 Å². The molecule has 19 heavy (non-hydrogen) atoms. The van der Waals surface area contributed by atoms with Gasteiger partial charge in [-0.2, -0.15) is 4.31 Å². The Labute approximate surface area is 114 Å². The first-order valence-electron chi connectivity index (χ1n) is 6.32. The van der Waals surface area contributed by atoms with Crippen LogP contribution in [0, 0.1) is 6.92 Å². The molecule has 0 unspecified atom stereocenters. The van der Waals surface area contributed by atoms with E-state index in [2.05, 4.69) is 0 Å². The maximum atomic E-state index is 12.6. The summed E-state index contributed by atoms with van der Waals surface area (Å²) in [5.74, 6) is 0. The minimum Gasteiger partial charge on any atom is -0.398 e. The Morgan fingerprint density at radius 3 is 2.42 bits per heavy atom. The highest BCUT2D eigenvalue weighted by Crippen LogP contribution is 2.30. The van der Waals surface area contributed by atoms with Crippen molar-refractivity contribution in [2.75, 3.05) is 18.8 Å². The minimum atomic E-state index is -3.58. The van der Waals surface area contributed by atoms with Crippen molar-refractivity contribution in [1.29, 1.82) is 0 Å². The lowest BCUT2D eigenvalue weighted by Gasteiger charge is -2.35. The van der Waals surface area contributed by atoms with Crippen LogP contribution in [0.4, 0.5) is 5.69 Å². The topological polar surface area (TPSA) is 83.6 Å². The Morgan fingerprint density at radius 1 is 1.32 bits per heavy atom. The van der Waals surface area contributed by atoms with E-state index in [9.17, 15) is 13.5 Å². The highest BCUT2D eigenvalue weighted by Gasteiger charge is 2.35. The molecule has 3 N–H and O–H groups in total. The number of nitrogen functional groups attached to an aromatic ring is 1.